The topological polar surface area (TPSA) is 8.17 Å². The summed E-state index contributed by atoms with van der Waals surface area (Å²) < 4.78 is 4.96. The second-order valence-corrected chi connectivity index (χ2v) is 15.5. The van der Waals surface area contributed by atoms with E-state index in [2.05, 4.69) is 228 Å². The number of hydrogen-bond donors (Lipinski definition) is 0. The summed E-state index contributed by atoms with van der Waals surface area (Å²) in [5, 5.41) is 5.06. The van der Waals surface area contributed by atoms with Crippen LogP contribution in [0.4, 0.5) is 17.1 Å². The Hall–Kier alpha value is -7.20. The minimum absolute atomic E-state index is 1.09. The van der Waals surface area contributed by atoms with E-state index in [4.69, 9.17) is 0 Å². The zero-order chi connectivity index (χ0) is 37.7. The average Bonchev–Trinajstić information content (AvgIpc) is 3.84. The van der Waals surface area contributed by atoms with Crippen molar-refractivity contribution in [3.05, 3.63) is 218 Å². The monoisotopic (exact) mass is 744 g/mol. The fourth-order valence-corrected chi connectivity index (χ4v) is 9.93. The molecule has 2 aromatic heterocycles. The van der Waals surface area contributed by atoms with E-state index in [1.807, 2.05) is 11.3 Å². The van der Waals surface area contributed by atoms with Crippen LogP contribution in [0.2, 0.25) is 0 Å². The van der Waals surface area contributed by atoms with Gasteiger partial charge in [-0.1, -0.05) is 170 Å². The number of para-hydroxylation sites is 3. The molecule has 9 aromatic carbocycles. The van der Waals surface area contributed by atoms with Crippen LogP contribution >= 0.6 is 11.3 Å². The van der Waals surface area contributed by atoms with Gasteiger partial charge in [0.25, 0.3) is 0 Å². The normalized spacial score (nSPS) is 11.5. The number of thiophene rings is 1. The molecule has 0 radical (unpaired) electrons. The van der Waals surface area contributed by atoms with E-state index in [1.54, 1.807) is 0 Å². The van der Waals surface area contributed by atoms with Gasteiger partial charge in [0.1, 0.15) is 0 Å². The molecule has 0 aliphatic rings. The molecule has 0 bridgehead atoms. The van der Waals surface area contributed by atoms with Crippen molar-refractivity contribution < 1.29 is 0 Å². The van der Waals surface area contributed by atoms with E-state index < -0.39 is 0 Å². The van der Waals surface area contributed by atoms with Crippen LogP contribution in [0.5, 0.6) is 0 Å². The Labute approximate surface area is 335 Å². The zero-order valence-corrected chi connectivity index (χ0v) is 31.9. The Bertz CT molecular complexity index is 3210. The maximum absolute atomic E-state index is 2.49. The Morgan fingerprint density at radius 2 is 0.860 bits per heavy atom. The van der Waals surface area contributed by atoms with Gasteiger partial charge < -0.3 is 9.47 Å². The van der Waals surface area contributed by atoms with Crippen molar-refractivity contribution in [2.45, 2.75) is 0 Å². The molecule has 3 heteroatoms. The molecule has 0 amide bonds. The first kappa shape index (κ1) is 33.2. The Morgan fingerprint density at radius 3 is 1.60 bits per heavy atom. The molecule has 2 heterocycles. The highest BCUT2D eigenvalue weighted by atomic mass is 32.1. The number of anilines is 3. The molecule has 0 saturated heterocycles. The second kappa shape index (κ2) is 13.8. The zero-order valence-electron chi connectivity index (χ0n) is 31.1. The third kappa shape index (κ3) is 5.55. The van der Waals surface area contributed by atoms with E-state index in [9.17, 15) is 0 Å². The minimum atomic E-state index is 1.09. The van der Waals surface area contributed by atoms with Gasteiger partial charge in [0, 0.05) is 43.2 Å². The molecular weight excluding hydrogens is 709 g/mol. The number of rotatable bonds is 7. The van der Waals surface area contributed by atoms with Crippen molar-refractivity contribution >= 4 is 70.4 Å². The molecule has 11 rings (SSSR count). The third-order valence-corrected chi connectivity index (χ3v) is 12.4. The van der Waals surface area contributed by atoms with Crippen LogP contribution in [0.1, 0.15) is 0 Å². The first-order valence-corrected chi connectivity index (χ1v) is 20.3. The molecule has 0 aliphatic heterocycles. The van der Waals surface area contributed by atoms with Crippen molar-refractivity contribution in [3.8, 4) is 39.1 Å². The van der Waals surface area contributed by atoms with Gasteiger partial charge in [-0.05, 0) is 76.3 Å². The Morgan fingerprint density at radius 1 is 0.351 bits per heavy atom. The molecule has 0 fully saturated rings. The lowest BCUT2D eigenvalue weighted by molar-refractivity contribution is 1.17. The first-order valence-electron chi connectivity index (χ1n) is 19.4. The van der Waals surface area contributed by atoms with Crippen LogP contribution in [0.25, 0.3) is 81.0 Å². The third-order valence-electron chi connectivity index (χ3n) is 11.2. The number of fused-ring (bicyclic) bond motifs is 6. The number of benzene rings is 9. The number of hydrogen-bond acceptors (Lipinski definition) is 2. The fourth-order valence-electron chi connectivity index (χ4n) is 8.72. The summed E-state index contributed by atoms with van der Waals surface area (Å²) in [6, 6.07) is 79.4. The lowest BCUT2D eigenvalue weighted by Crippen LogP contribution is -2.12. The first-order chi connectivity index (χ1) is 28.3. The molecular formula is C54H36N2S. The molecule has 11 aromatic rings. The van der Waals surface area contributed by atoms with E-state index in [0.717, 1.165) is 28.3 Å². The number of aromatic nitrogens is 1. The van der Waals surface area contributed by atoms with E-state index in [1.165, 1.54) is 69.8 Å². The quantitative estimate of drug-likeness (QED) is 0.158. The summed E-state index contributed by atoms with van der Waals surface area (Å²) >= 11 is 1.87. The van der Waals surface area contributed by atoms with Crippen LogP contribution in [-0.2, 0) is 0 Å². The van der Waals surface area contributed by atoms with Crippen LogP contribution in [0, 0.1) is 0 Å². The standard InChI is InChI=1S/C54H36N2S/c1-2-18-37(19-3-1)40-22-4-5-23-41(40)42-24-6-7-25-43(42)44-26-8-12-31-49(44)56(52-34-17-30-48-47-29-11-15-35-53(47)57-54(48)52)39-21-16-20-38(36-39)55-50-32-13-9-27-45(50)46-28-10-14-33-51(46)55/h1-36H. The van der Waals surface area contributed by atoms with Gasteiger partial charge in [0.2, 0.25) is 0 Å². The molecule has 0 spiro atoms. The van der Waals surface area contributed by atoms with Gasteiger partial charge in [0.15, 0.2) is 0 Å². The lowest BCUT2D eigenvalue weighted by Gasteiger charge is -2.29. The maximum Gasteiger partial charge on any atom is 0.0640 e. The van der Waals surface area contributed by atoms with Crippen molar-refractivity contribution in [3.63, 3.8) is 0 Å². The van der Waals surface area contributed by atoms with E-state index in [0.29, 0.717) is 0 Å². The molecule has 0 saturated carbocycles. The molecule has 57 heavy (non-hydrogen) atoms. The van der Waals surface area contributed by atoms with E-state index >= 15 is 0 Å². The summed E-state index contributed by atoms with van der Waals surface area (Å²) in [7, 11) is 0. The molecule has 0 aliphatic carbocycles. The van der Waals surface area contributed by atoms with Crippen LogP contribution < -0.4 is 4.90 Å². The van der Waals surface area contributed by atoms with Gasteiger partial charge in [-0.15, -0.1) is 11.3 Å². The van der Waals surface area contributed by atoms with Gasteiger partial charge in [0.05, 0.1) is 27.1 Å². The summed E-state index contributed by atoms with van der Waals surface area (Å²) in [5.41, 5.74) is 14.0. The molecule has 2 nitrogen and oxygen atoms in total. The summed E-state index contributed by atoms with van der Waals surface area (Å²) in [5.74, 6) is 0. The summed E-state index contributed by atoms with van der Waals surface area (Å²) in [4.78, 5) is 2.49. The van der Waals surface area contributed by atoms with E-state index in [-0.39, 0.29) is 0 Å². The van der Waals surface area contributed by atoms with Crippen molar-refractivity contribution in [1.82, 2.24) is 4.57 Å². The molecule has 268 valence electrons. The predicted molar refractivity (Wildman–Crippen MR) is 245 cm³/mol. The largest absolute Gasteiger partial charge is 0.309 e. The average molecular weight is 745 g/mol. The highest BCUT2D eigenvalue weighted by Gasteiger charge is 2.23. The van der Waals surface area contributed by atoms with Gasteiger partial charge in [-0.25, -0.2) is 0 Å². The number of nitrogens with zero attached hydrogens (tertiary/aromatic N) is 2. The fraction of sp³-hybridized carbons (Fsp3) is 0. The predicted octanol–water partition coefficient (Wildman–Crippen LogP) is 15.6. The van der Waals surface area contributed by atoms with Gasteiger partial charge in [-0.2, -0.15) is 0 Å². The lowest BCUT2D eigenvalue weighted by atomic mass is 9.88. The SMILES string of the molecule is c1ccc(-c2ccccc2-c2ccccc2-c2ccccc2N(c2cccc(-n3c4ccccc4c4ccccc43)c2)c2cccc3c2sc2ccccc23)cc1. The molecule has 0 unspecified atom stereocenters. The van der Waals surface area contributed by atoms with Crippen LogP contribution in [0.15, 0.2) is 218 Å². The maximum atomic E-state index is 2.49. The van der Waals surface area contributed by atoms with Crippen molar-refractivity contribution in [1.29, 1.82) is 0 Å². The highest BCUT2D eigenvalue weighted by molar-refractivity contribution is 7.26. The molecule has 0 N–H and O–H groups in total. The molecule has 0 atom stereocenters. The Balaban J connectivity index is 1.17. The van der Waals surface area contributed by atoms with Crippen molar-refractivity contribution in [2.24, 2.45) is 0 Å². The summed E-state index contributed by atoms with van der Waals surface area (Å²) in [6.07, 6.45) is 0. The second-order valence-electron chi connectivity index (χ2n) is 14.5. The smallest absolute Gasteiger partial charge is 0.0640 e. The Kier molecular flexibility index (Phi) is 8.04. The van der Waals surface area contributed by atoms with Crippen molar-refractivity contribution in [2.75, 3.05) is 4.90 Å². The highest BCUT2D eigenvalue weighted by Crippen LogP contribution is 2.49. The summed E-state index contributed by atoms with van der Waals surface area (Å²) in [6.45, 7) is 0. The van der Waals surface area contributed by atoms with Gasteiger partial charge in [-0.3, -0.25) is 0 Å². The van der Waals surface area contributed by atoms with Crippen LogP contribution in [-0.4, -0.2) is 4.57 Å². The minimum Gasteiger partial charge on any atom is -0.309 e. The van der Waals surface area contributed by atoms with Crippen LogP contribution in [0.3, 0.4) is 0 Å². The van der Waals surface area contributed by atoms with Gasteiger partial charge >= 0.3 is 0 Å².